The van der Waals surface area contributed by atoms with Crippen molar-refractivity contribution in [2.24, 2.45) is 0 Å². The van der Waals surface area contributed by atoms with Gasteiger partial charge >= 0.3 is 0 Å². The van der Waals surface area contributed by atoms with Crippen molar-refractivity contribution in [3.05, 3.63) is 72.6 Å². The van der Waals surface area contributed by atoms with E-state index < -0.39 is 6.10 Å². The normalized spacial score (nSPS) is 11.5. The molecule has 1 heterocycles. The van der Waals surface area contributed by atoms with Crippen molar-refractivity contribution in [2.75, 3.05) is 19.0 Å². The fraction of sp³-hybridized carbons (Fsp3) is 0.227. The van der Waals surface area contributed by atoms with Gasteiger partial charge in [-0.3, -0.25) is 9.59 Å². The van der Waals surface area contributed by atoms with Gasteiger partial charge in [0.2, 0.25) is 11.8 Å². The van der Waals surface area contributed by atoms with E-state index in [0.717, 1.165) is 17.0 Å². The predicted molar refractivity (Wildman–Crippen MR) is 112 cm³/mol. The summed E-state index contributed by atoms with van der Waals surface area (Å²) in [6, 6.07) is 16.5. The van der Waals surface area contributed by atoms with Gasteiger partial charge in [-0.25, -0.2) is 4.68 Å². The summed E-state index contributed by atoms with van der Waals surface area (Å²) in [7, 11) is 1.59. The molecular weight excluding hydrogens is 384 g/mol. The molecule has 0 bridgehead atoms. The van der Waals surface area contributed by atoms with Crippen molar-refractivity contribution in [3.63, 3.8) is 0 Å². The monoisotopic (exact) mass is 408 g/mol. The van der Waals surface area contributed by atoms with E-state index in [2.05, 4.69) is 15.7 Å². The molecule has 0 fully saturated rings. The van der Waals surface area contributed by atoms with Crippen molar-refractivity contribution >= 4 is 17.5 Å². The molecule has 2 aromatic carbocycles. The number of nitrogens with one attached hydrogen (secondary N) is 2. The Morgan fingerprint density at radius 1 is 1.13 bits per heavy atom. The molecule has 0 radical (unpaired) electrons. The van der Waals surface area contributed by atoms with E-state index in [1.165, 1.54) is 0 Å². The van der Waals surface area contributed by atoms with E-state index in [4.69, 9.17) is 9.47 Å². The van der Waals surface area contributed by atoms with Crippen molar-refractivity contribution in [3.8, 4) is 11.4 Å². The molecule has 0 spiro atoms. The maximum atomic E-state index is 12.2. The number of rotatable bonds is 9. The van der Waals surface area contributed by atoms with Crippen LogP contribution in [0.2, 0.25) is 0 Å². The van der Waals surface area contributed by atoms with Gasteiger partial charge in [0.15, 0.2) is 0 Å². The van der Waals surface area contributed by atoms with Crippen molar-refractivity contribution < 1.29 is 19.1 Å². The van der Waals surface area contributed by atoms with Crippen molar-refractivity contribution in [1.82, 2.24) is 15.1 Å². The first kappa shape index (κ1) is 21.1. The van der Waals surface area contributed by atoms with Gasteiger partial charge in [0.05, 0.1) is 25.9 Å². The fourth-order valence-electron chi connectivity index (χ4n) is 2.69. The van der Waals surface area contributed by atoms with Gasteiger partial charge < -0.3 is 20.1 Å². The Labute approximate surface area is 174 Å². The number of carbonyl (C=O) groups excluding carboxylic acids is 2. The van der Waals surface area contributed by atoms with Crippen LogP contribution in [-0.4, -0.2) is 41.4 Å². The maximum Gasteiger partial charge on any atom is 0.249 e. The number of anilines is 1. The van der Waals surface area contributed by atoms with Gasteiger partial charge in [-0.2, -0.15) is 5.10 Å². The number of benzene rings is 2. The van der Waals surface area contributed by atoms with E-state index in [0.29, 0.717) is 5.69 Å². The molecule has 8 nitrogen and oxygen atoms in total. The Hall–Kier alpha value is -3.65. The van der Waals surface area contributed by atoms with Crippen LogP contribution in [0.4, 0.5) is 5.69 Å². The highest BCUT2D eigenvalue weighted by atomic mass is 16.5. The largest absolute Gasteiger partial charge is 0.497 e. The molecule has 0 aliphatic carbocycles. The lowest BCUT2D eigenvalue weighted by atomic mass is 10.2. The van der Waals surface area contributed by atoms with Gasteiger partial charge in [0.25, 0.3) is 0 Å². The van der Waals surface area contributed by atoms with Crippen molar-refractivity contribution in [1.29, 1.82) is 0 Å². The van der Waals surface area contributed by atoms with Gasteiger partial charge in [-0.1, -0.05) is 12.1 Å². The number of nitrogens with zero attached hydrogens (tertiary/aromatic N) is 2. The topological polar surface area (TPSA) is 94.5 Å². The maximum absolute atomic E-state index is 12.2. The molecule has 0 saturated carbocycles. The summed E-state index contributed by atoms with van der Waals surface area (Å²) in [5.74, 6) is 0.0415. The van der Waals surface area contributed by atoms with Gasteiger partial charge in [-0.15, -0.1) is 0 Å². The molecule has 0 saturated heterocycles. The second-order valence-corrected chi connectivity index (χ2v) is 6.57. The van der Waals surface area contributed by atoms with Crippen LogP contribution < -0.4 is 15.4 Å². The fourth-order valence-corrected chi connectivity index (χ4v) is 2.69. The lowest BCUT2D eigenvalue weighted by Crippen LogP contribution is -2.39. The van der Waals surface area contributed by atoms with Crippen LogP contribution in [-0.2, 0) is 20.9 Å². The van der Waals surface area contributed by atoms with Crippen LogP contribution in [0.3, 0.4) is 0 Å². The number of hydrogen-bond acceptors (Lipinski definition) is 5. The summed E-state index contributed by atoms with van der Waals surface area (Å²) in [5, 5.41) is 9.47. The van der Waals surface area contributed by atoms with E-state index >= 15 is 0 Å². The zero-order chi connectivity index (χ0) is 21.3. The zero-order valence-electron chi connectivity index (χ0n) is 16.9. The number of amides is 2. The number of aromatic nitrogens is 2. The Morgan fingerprint density at radius 2 is 1.93 bits per heavy atom. The molecule has 1 aromatic heterocycles. The van der Waals surface area contributed by atoms with E-state index in [-0.39, 0.29) is 25.0 Å². The average molecular weight is 408 g/mol. The first-order valence-corrected chi connectivity index (χ1v) is 9.47. The van der Waals surface area contributed by atoms with E-state index in [1.807, 2.05) is 48.7 Å². The van der Waals surface area contributed by atoms with E-state index in [9.17, 15) is 9.59 Å². The van der Waals surface area contributed by atoms with E-state index in [1.54, 1.807) is 37.0 Å². The summed E-state index contributed by atoms with van der Waals surface area (Å²) in [5.41, 5.74) is 2.41. The summed E-state index contributed by atoms with van der Waals surface area (Å²) < 4.78 is 12.5. The van der Waals surface area contributed by atoms with Crippen LogP contribution in [0.1, 0.15) is 12.5 Å². The summed E-state index contributed by atoms with van der Waals surface area (Å²) in [6.07, 6.45) is 2.83. The van der Waals surface area contributed by atoms with Crippen LogP contribution in [0.25, 0.3) is 5.69 Å². The van der Waals surface area contributed by atoms with Gasteiger partial charge in [0, 0.05) is 18.1 Å². The molecule has 3 rings (SSSR count). The number of methoxy groups -OCH3 is 1. The van der Waals surface area contributed by atoms with Crippen molar-refractivity contribution in [2.45, 2.75) is 19.6 Å². The lowest BCUT2D eigenvalue weighted by Gasteiger charge is -2.14. The van der Waals surface area contributed by atoms with Gasteiger partial charge in [0.1, 0.15) is 11.9 Å². The lowest BCUT2D eigenvalue weighted by molar-refractivity contribution is -0.133. The summed E-state index contributed by atoms with van der Waals surface area (Å²) in [6.45, 7) is 1.76. The molecular formula is C22H24N4O4. The molecule has 1 unspecified atom stereocenters. The highest BCUT2D eigenvalue weighted by molar-refractivity contribution is 5.95. The molecule has 8 heteroatoms. The number of carbonyl (C=O) groups is 2. The molecule has 3 aromatic rings. The number of hydrogen-bond donors (Lipinski definition) is 2. The SMILES string of the molecule is COc1cccc(COC(C)C(=O)NCC(=O)Nc2ccc(-n3cccn3)cc2)c1. The number of ether oxygens (including phenoxy) is 2. The standard InChI is InChI=1S/C22H24N4O4/c1-16(30-15-17-5-3-6-20(13-17)29-2)22(28)23-14-21(27)25-18-7-9-19(10-8-18)26-12-4-11-24-26/h3-13,16H,14-15H2,1-2H3,(H,23,28)(H,25,27). The molecule has 0 aliphatic rings. The van der Waals surface area contributed by atoms with Crippen LogP contribution in [0, 0.1) is 0 Å². The quantitative estimate of drug-likeness (QED) is 0.567. The highest BCUT2D eigenvalue weighted by Gasteiger charge is 2.15. The average Bonchev–Trinajstić information content (AvgIpc) is 3.31. The smallest absolute Gasteiger partial charge is 0.249 e. The Bertz CT molecular complexity index is 971. The minimum atomic E-state index is -0.697. The van der Waals surface area contributed by atoms with Gasteiger partial charge in [-0.05, 0) is 55.0 Å². The molecule has 0 aliphatic heterocycles. The minimum Gasteiger partial charge on any atom is -0.497 e. The molecule has 156 valence electrons. The third-order valence-corrected chi connectivity index (χ3v) is 4.35. The zero-order valence-corrected chi connectivity index (χ0v) is 16.9. The Kier molecular flexibility index (Phi) is 7.18. The predicted octanol–water partition coefficient (Wildman–Crippen LogP) is 2.54. The molecule has 2 amide bonds. The van der Waals surface area contributed by atoms with Crippen LogP contribution in [0.15, 0.2) is 67.0 Å². The summed E-state index contributed by atoms with van der Waals surface area (Å²) in [4.78, 5) is 24.3. The summed E-state index contributed by atoms with van der Waals surface area (Å²) >= 11 is 0. The second-order valence-electron chi connectivity index (χ2n) is 6.57. The third-order valence-electron chi connectivity index (χ3n) is 4.35. The second kappa shape index (κ2) is 10.2. The highest BCUT2D eigenvalue weighted by Crippen LogP contribution is 2.14. The molecule has 1 atom stereocenters. The molecule has 30 heavy (non-hydrogen) atoms. The first-order valence-electron chi connectivity index (χ1n) is 9.47. The Morgan fingerprint density at radius 3 is 2.63 bits per heavy atom. The first-order chi connectivity index (χ1) is 14.5. The van der Waals surface area contributed by atoms with Crippen LogP contribution >= 0.6 is 0 Å². The minimum absolute atomic E-state index is 0.146. The third kappa shape index (κ3) is 5.92. The Balaban J connectivity index is 1.41. The molecule has 2 N–H and O–H groups in total. The van der Waals surface area contributed by atoms with Crippen LogP contribution in [0.5, 0.6) is 5.75 Å².